The van der Waals surface area contributed by atoms with Gasteiger partial charge in [-0.1, -0.05) is 6.92 Å². The maximum absolute atomic E-state index is 12.4. The molecule has 3 rings (SSSR count). The molecule has 0 radical (unpaired) electrons. The highest BCUT2D eigenvalue weighted by molar-refractivity contribution is 7.08. The van der Waals surface area contributed by atoms with Gasteiger partial charge in [0, 0.05) is 34.4 Å². The first-order valence-corrected chi connectivity index (χ1v) is 9.59. The van der Waals surface area contributed by atoms with Crippen molar-refractivity contribution in [2.75, 3.05) is 6.61 Å². The number of ketones is 1. The number of aryl methyl sites for hydroxylation is 1. The molecule has 0 unspecified atom stereocenters. The summed E-state index contributed by atoms with van der Waals surface area (Å²) >= 11 is 1.53. The first-order chi connectivity index (χ1) is 13.0. The largest absolute Gasteiger partial charge is 0.456 e. The lowest BCUT2D eigenvalue weighted by Gasteiger charge is -2.08. The summed E-state index contributed by atoms with van der Waals surface area (Å²) in [5, 5.41) is 15.7. The van der Waals surface area contributed by atoms with Gasteiger partial charge in [-0.25, -0.2) is 4.79 Å². The van der Waals surface area contributed by atoms with Gasteiger partial charge in [-0.05, 0) is 43.0 Å². The van der Waals surface area contributed by atoms with Crippen molar-refractivity contribution in [2.45, 2.75) is 40.3 Å². The minimum absolute atomic E-state index is 0.195. The highest BCUT2D eigenvalue weighted by atomic mass is 32.1. The van der Waals surface area contributed by atoms with E-state index in [9.17, 15) is 9.59 Å². The SMILES string of the molecule is CCCn1c(C)cc(C(=O)COC(=O)Cn2nnc(-c3ccsc3)n2)c1C. The highest BCUT2D eigenvalue weighted by Gasteiger charge is 2.18. The van der Waals surface area contributed by atoms with Crippen molar-refractivity contribution in [3.8, 4) is 11.4 Å². The third-order valence-corrected chi connectivity index (χ3v) is 4.87. The quantitative estimate of drug-likeness (QED) is 0.436. The summed E-state index contributed by atoms with van der Waals surface area (Å²) in [5.41, 5.74) is 3.36. The van der Waals surface area contributed by atoms with Gasteiger partial charge in [-0.15, -0.1) is 10.2 Å². The van der Waals surface area contributed by atoms with Crippen LogP contribution in [0.4, 0.5) is 0 Å². The van der Waals surface area contributed by atoms with E-state index in [1.807, 2.05) is 36.7 Å². The molecule has 3 aromatic heterocycles. The number of Topliss-reactive ketones (excluding diaryl/α,β-unsaturated/α-hetero) is 1. The van der Waals surface area contributed by atoms with Crippen molar-refractivity contribution < 1.29 is 14.3 Å². The van der Waals surface area contributed by atoms with E-state index in [0.29, 0.717) is 11.4 Å². The zero-order valence-corrected chi connectivity index (χ0v) is 16.3. The van der Waals surface area contributed by atoms with Gasteiger partial charge >= 0.3 is 5.97 Å². The molecule has 0 aliphatic carbocycles. The standard InChI is InChI=1S/C18H21N5O3S/c1-4-6-22-12(2)8-15(13(22)3)16(24)10-26-17(25)9-23-20-18(19-21-23)14-5-7-27-11-14/h5,7-8,11H,4,6,9-10H2,1-3H3. The van der Waals surface area contributed by atoms with Gasteiger partial charge in [0.2, 0.25) is 11.6 Å². The molecule has 0 saturated heterocycles. The predicted octanol–water partition coefficient (Wildman–Crippen LogP) is 2.66. The van der Waals surface area contributed by atoms with Crippen molar-refractivity contribution in [3.63, 3.8) is 0 Å². The van der Waals surface area contributed by atoms with Crippen molar-refractivity contribution >= 4 is 23.1 Å². The molecule has 0 bridgehead atoms. The van der Waals surface area contributed by atoms with Crippen LogP contribution in [-0.2, 0) is 22.6 Å². The molecule has 9 heteroatoms. The molecular weight excluding hydrogens is 366 g/mol. The zero-order chi connectivity index (χ0) is 19.4. The highest BCUT2D eigenvalue weighted by Crippen LogP contribution is 2.17. The van der Waals surface area contributed by atoms with Crippen LogP contribution in [0.5, 0.6) is 0 Å². The number of tetrazole rings is 1. The Balaban J connectivity index is 1.56. The van der Waals surface area contributed by atoms with Crippen LogP contribution < -0.4 is 0 Å². The Morgan fingerprint density at radius 1 is 1.30 bits per heavy atom. The van der Waals surface area contributed by atoms with Crippen LogP contribution in [0.15, 0.2) is 22.9 Å². The smallest absolute Gasteiger partial charge is 0.330 e. The van der Waals surface area contributed by atoms with Gasteiger partial charge in [0.1, 0.15) is 0 Å². The monoisotopic (exact) mass is 387 g/mol. The van der Waals surface area contributed by atoms with E-state index in [4.69, 9.17) is 4.74 Å². The molecule has 0 aromatic carbocycles. The number of thiophene rings is 1. The van der Waals surface area contributed by atoms with Crippen LogP contribution in [0.2, 0.25) is 0 Å². The van der Waals surface area contributed by atoms with E-state index in [2.05, 4.69) is 26.9 Å². The molecule has 142 valence electrons. The Labute approximate surface area is 160 Å². The third-order valence-electron chi connectivity index (χ3n) is 4.19. The maximum Gasteiger partial charge on any atom is 0.330 e. The lowest BCUT2D eigenvalue weighted by molar-refractivity contribution is -0.143. The fourth-order valence-electron chi connectivity index (χ4n) is 2.85. The maximum atomic E-state index is 12.4. The molecule has 0 fully saturated rings. The van der Waals surface area contributed by atoms with Crippen molar-refractivity contribution in [3.05, 3.63) is 39.8 Å². The molecular formula is C18H21N5O3S. The fraction of sp³-hybridized carbons (Fsp3) is 0.389. The average molecular weight is 387 g/mol. The minimum Gasteiger partial charge on any atom is -0.456 e. The Bertz CT molecular complexity index is 943. The second kappa shape index (κ2) is 8.26. The van der Waals surface area contributed by atoms with E-state index < -0.39 is 5.97 Å². The molecule has 0 spiro atoms. The van der Waals surface area contributed by atoms with E-state index in [1.54, 1.807) is 0 Å². The molecule has 0 saturated carbocycles. The second-order valence-electron chi connectivity index (χ2n) is 6.18. The van der Waals surface area contributed by atoms with Gasteiger partial charge in [0.15, 0.2) is 13.2 Å². The number of nitrogens with zero attached hydrogens (tertiary/aromatic N) is 5. The topological polar surface area (TPSA) is 91.9 Å². The summed E-state index contributed by atoms with van der Waals surface area (Å²) in [6.07, 6.45) is 0.983. The van der Waals surface area contributed by atoms with E-state index in [-0.39, 0.29) is 18.9 Å². The lowest BCUT2D eigenvalue weighted by Crippen LogP contribution is -2.20. The van der Waals surface area contributed by atoms with Gasteiger partial charge in [0.25, 0.3) is 0 Å². The number of carbonyl (C=O) groups excluding carboxylic acids is 2. The molecule has 0 amide bonds. The Morgan fingerprint density at radius 3 is 2.81 bits per heavy atom. The number of carbonyl (C=O) groups is 2. The predicted molar refractivity (Wildman–Crippen MR) is 101 cm³/mol. The number of hydrogen-bond donors (Lipinski definition) is 0. The Hall–Kier alpha value is -2.81. The first-order valence-electron chi connectivity index (χ1n) is 8.65. The summed E-state index contributed by atoms with van der Waals surface area (Å²) in [7, 11) is 0. The number of ether oxygens (including phenoxy) is 1. The molecule has 0 N–H and O–H groups in total. The molecule has 0 aliphatic rings. The summed E-state index contributed by atoms with van der Waals surface area (Å²) in [6.45, 7) is 6.32. The third kappa shape index (κ3) is 4.30. The summed E-state index contributed by atoms with van der Waals surface area (Å²) in [6, 6.07) is 3.71. The van der Waals surface area contributed by atoms with E-state index >= 15 is 0 Å². The Morgan fingerprint density at radius 2 is 2.11 bits per heavy atom. The zero-order valence-electron chi connectivity index (χ0n) is 15.5. The molecule has 0 atom stereocenters. The fourth-order valence-corrected chi connectivity index (χ4v) is 3.49. The lowest BCUT2D eigenvalue weighted by atomic mass is 10.1. The van der Waals surface area contributed by atoms with Crippen LogP contribution >= 0.6 is 11.3 Å². The molecule has 27 heavy (non-hydrogen) atoms. The van der Waals surface area contributed by atoms with E-state index in [1.165, 1.54) is 11.3 Å². The Kier molecular flexibility index (Phi) is 5.80. The first kappa shape index (κ1) is 19.0. The van der Waals surface area contributed by atoms with E-state index in [0.717, 1.165) is 34.7 Å². The second-order valence-corrected chi connectivity index (χ2v) is 6.96. The van der Waals surface area contributed by atoms with Gasteiger partial charge in [-0.2, -0.15) is 16.1 Å². The van der Waals surface area contributed by atoms with Crippen LogP contribution in [0.25, 0.3) is 11.4 Å². The number of rotatable bonds is 8. The normalized spacial score (nSPS) is 10.9. The number of hydrogen-bond acceptors (Lipinski definition) is 7. The molecule has 8 nitrogen and oxygen atoms in total. The summed E-state index contributed by atoms with van der Waals surface area (Å²) < 4.78 is 7.20. The molecule has 3 aromatic rings. The van der Waals surface area contributed by atoms with Crippen molar-refractivity contribution in [2.24, 2.45) is 0 Å². The van der Waals surface area contributed by atoms with Gasteiger partial charge in [-0.3, -0.25) is 4.79 Å². The summed E-state index contributed by atoms with van der Waals surface area (Å²) in [4.78, 5) is 25.6. The average Bonchev–Trinajstić information content (AvgIpc) is 3.37. The van der Waals surface area contributed by atoms with Gasteiger partial charge in [0.05, 0.1) is 0 Å². The van der Waals surface area contributed by atoms with Crippen molar-refractivity contribution in [1.29, 1.82) is 0 Å². The van der Waals surface area contributed by atoms with Crippen LogP contribution in [0.1, 0.15) is 35.1 Å². The minimum atomic E-state index is -0.583. The summed E-state index contributed by atoms with van der Waals surface area (Å²) in [5.74, 6) is -0.354. The van der Waals surface area contributed by atoms with Crippen molar-refractivity contribution in [1.82, 2.24) is 24.8 Å². The molecule has 0 aliphatic heterocycles. The van der Waals surface area contributed by atoms with Crippen LogP contribution in [0.3, 0.4) is 0 Å². The number of esters is 1. The molecule has 3 heterocycles. The van der Waals surface area contributed by atoms with Crippen LogP contribution in [-0.4, -0.2) is 43.1 Å². The van der Waals surface area contributed by atoms with Gasteiger partial charge < -0.3 is 9.30 Å². The number of aromatic nitrogens is 5. The van der Waals surface area contributed by atoms with Crippen LogP contribution in [0, 0.1) is 13.8 Å².